The highest BCUT2D eigenvalue weighted by Gasteiger charge is 2.52. The number of rotatable bonds is 1. The molecular weight excluding hydrogens is 324 g/mol. The van der Waals surface area contributed by atoms with E-state index in [9.17, 15) is 14.9 Å². The van der Waals surface area contributed by atoms with Crippen LogP contribution < -0.4 is 0 Å². The van der Waals surface area contributed by atoms with Crippen LogP contribution in [0, 0.1) is 22.2 Å². The standard InChI is InChI=1S/C22H20N2O2/c1-21(2)12-22(10-16(11-23)19(21)25)13-24(14-22)20(26)18-9-5-7-15-6-3-4-8-17(15)18/h3-10H,12-14H2,1-2H3. The van der Waals surface area contributed by atoms with Gasteiger partial charge in [-0.05, 0) is 23.3 Å². The fraction of sp³-hybridized carbons (Fsp3) is 0.318. The number of hydrogen-bond donors (Lipinski definition) is 0. The molecule has 2 aromatic carbocycles. The van der Waals surface area contributed by atoms with Crippen molar-refractivity contribution in [3.63, 3.8) is 0 Å². The van der Waals surface area contributed by atoms with Crippen molar-refractivity contribution in [3.8, 4) is 6.07 Å². The molecule has 1 saturated heterocycles. The number of likely N-dealkylation sites (tertiary alicyclic amines) is 1. The number of carbonyl (C=O) groups excluding carboxylic acids is 2. The van der Waals surface area contributed by atoms with Crippen molar-refractivity contribution < 1.29 is 9.59 Å². The van der Waals surface area contributed by atoms with Gasteiger partial charge in [-0.1, -0.05) is 56.3 Å². The highest BCUT2D eigenvalue weighted by molar-refractivity contribution is 6.08. The highest BCUT2D eigenvalue weighted by atomic mass is 16.2. The van der Waals surface area contributed by atoms with Gasteiger partial charge in [-0.2, -0.15) is 5.26 Å². The van der Waals surface area contributed by atoms with Gasteiger partial charge in [0.1, 0.15) is 6.07 Å². The fourth-order valence-electron chi connectivity index (χ4n) is 4.47. The second kappa shape index (κ2) is 5.54. The molecular formula is C22H20N2O2. The molecule has 4 rings (SSSR count). The molecule has 1 aliphatic carbocycles. The molecule has 0 N–H and O–H groups in total. The summed E-state index contributed by atoms with van der Waals surface area (Å²) < 4.78 is 0. The normalized spacial score (nSPS) is 20.4. The lowest BCUT2D eigenvalue weighted by Crippen LogP contribution is -2.60. The Kier molecular flexibility index (Phi) is 3.52. The minimum absolute atomic E-state index is 0.00837. The largest absolute Gasteiger partial charge is 0.337 e. The molecule has 2 aliphatic rings. The molecule has 0 radical (unpaired) electrons. The Morgan fingerprint density at radius 2 is 1.81 bits per heavy atom. The maximum atomic E-state index is 13.0. The molecule has 1 aliphatic heterocycles. The molecule has 1 spiro atoms. The summed E-state index contributed by atoms with van der Waals surface area (Å²) in [5, 5.41) is 11.3. The van der Waals surface area contributed by atoms with E-state index >= 15 is 0 Å². The number of ketones is 1. The van der Waals surface area contributed by atoms with E-state index in [0.29, 0.717) is 25.1 Å². The Bertz CT molecular complexity index is 999. The lowest BCUT2D eigenvalue weighted by atomic mass is 9.61. The zero-order valence-electron chi connectivity index (χ0n) is 15.0. The summed E-state index contributed by atoms with van der Waals surface area (Å²) in [6.07, 6.45) is 2.47. The Balaban J connectivity index is 1.62. The van der Waals surface area contributed by atoms with Crippen LogP contribution in [0.25, 0.3) is 10.8 Å². The van der Waals surface area contributed by atoms with Crippen LogP contribution in [0.3, 0.4) is 0 Å². The number of nitrogens with zero attached hydrogens (tertiary/aromatic N) is 2. The van der Waals surface area contributed by atoms with E-state index in [4.69, 9.17) is 0 Å². The second-order valence-electron chi connectivity index (χ2n) is 8.11. The minimum Gasteiger partial charge on any atom is -0.337 e. The van der Waals surface area contributed by atoms with Gasteiger partial charge in [0.2, 0.25) is 0 Å². The van der Waals surface area contributed by atoms with Gasteiger partial charge in [-0.15, -0.1) is 0 Å². The molecule has 0 atom stereocenters. The van der Waals surface area contributed by atoms with E-state index in [1.807, 2.05) is 67.3 Å². The van der Waals surface area contributed by atoms with E-state index < -0.39 is 5.41 Å². The lowest BCUT2D eigenvalue weighted by molar-refractivity contribution is -0.127. The van der Waals surface area contributed by atoms with Gasteiger partial charge in [0.25, 0.3) is 5.91 Å². The molecule has 1 fully saturated rings. The molecule has 130 valence electrons. The van der Waals surface area contributed by atoms with Crippen molar-refractivity contribution in [2.24, 2.45) is 10.8 Å². The predicted octanol–water partition coefficient (Wildman–Crippen LogP) is 3.73. The van der Waals surface area contributed by atoms with E-state index in [1.54, 1.807) is 6.08 Å². The third kappa shape index (κ3) is 2.43. The number of benzene rings is 2. The van der Waals surface area contributed by atoms with Gasteiger partial charge in [-0.3, -0.25) is 9.59 Å². The number of Topliss-reactive ketones (excluding diaryl/α,β-unsaturated/α-hetero) is 1. The molecule has 1 heterocycles. The van der Waals surface area contributed by atoms with Crippen LogP contribution in [0.2, 0.25) is 0 Å². The molecule has 26 heavy (non-hydrogen) atoms. The number of carbonyl (C=O) groups is 2. The van der Waals surface area contributed by atoms with Crippen LogP contribution in [0.4, 0.5) is 0 Å². The summed E-state index contributed by atoms with van der Waals surface area (Å²) in [5.74, 6) is -0.0847. The summed E-state index contributed by atoms with van der Waals surface area (Å²) >= 11 is 0. The minimum atomic E-state index is -0.561. The Labute approximate surface area is 152 Å². The summed E-state index contributed by atoms with van der Waals surface area (Å²) in [7, 11) is 0. The molecule has 0 unspecified atom stereocenters. The zero-order valence-corrected chi connectivity index (χ0v) is 15.0. The molecule has 4 heteroatoms. The van der Waals surface area contributed by atoms with Gasteiger partial charge in [0, 0.05) is 29.5 Å². The maximum absolute atomic E-state index is 13.0. The van der Waals surface area contributed by atoms with Crippen LogP contribution in [-0.2, 0) is 4.79 Å². The van der Waals surface area contributed by atoms with E-state index in [0.717, 1.165) is 10.8 Å². The van der Waals surface area contributed by atoms with Crippen molar-refractivity contribution in [2.75, 3.05) is 13.1 Å². The SMILES string of the molecule is CC1(C)CC2(C=C(C#N)C1=O)CN(C(=O)c1cccc3ccccc13)C2. The quantitative estimate of drug-likeness (QED) is 0.792. The third-order valence-electron chi connectivity index (χ3n) is 5.54. The molecule has 0 bridgehead atoms. The van der Waals surface area contributed by atoms with E-state index in [-0.39, 0.29) is 22.7 Å². The van der Waals surface area contributed by atoms with Crippen LogP contribution in [0.15, 0.2) is 54.1 Å². The first-order valence-electron chi connectivity index (χ1n) is 8.80. The fourth-order valence-corrected chi connectivity index (χ4v) is 4.47. The van der Waals surface area contributed by atoms with Crippen molar-refractivity contribution >= 4 is 22.5 Å². The van der Waals surface area contributed by atoms with E-state index in [1.165, 1.54) is 0 Å². The molecule has 1 amide bonds. The average molecular weight is 344 g/mol. The number of allylic oxidation sites excluding steroid dienone is 1. The Morgan fingerprint density at radius 1 is 1.12 bits per heavy atom. The van der Waals surface area contributed by atoms with E-state index in [2.05, 4.69) is 0 Å². The smallest absolute Gasteiger partial charge is 0.254 e. The summed E-state index contributed by atoms with van der Waals surface area (Å²) in [4.78, 5) is 27.2. The number of fused-ring (bicyclic) bond motifs is 1. The Hall–Kier alpha value is -2.93. The van der Waals surface area contributed by atoms with Crippen molar-refractivity contribution in [1.82, 2.24) is 4.90 Å². The van der Waals surface area contributed by atoms with Gasteiger partial charge in [0.05, 0.1) is 5.57 Å². The van der Waals surface area contributed by atoms with Gasteiger partial charge >= 0.3 is 0 Å². The molecule has 0 aromatic heterocycles. The first-order valence-corrected chi connectivity index (χ1v) is 8.80. The second-order valence-corrected chi connectivity index (χ2v) is 8.11. The number of amides is 1. The molecule has 2 aromatic rings. The van der Waals surface area contributed by atoms with Gasteiger partial charge in [0.15, 0.2) is 5.78 Å². The predicted molar refractivity (Wildman–Crippen MR) is 99.4 cm³/mol. The van der Waals surface area contributed by atoms with Gasteiger partial charge in [-0.25, -0.2) is 0 Å². The summed E-state index contributed by atoms with van der Waals surface area (Å²) in [6, 6.07) is 15.7. The maximum Gasteiger partial charge on any atom is 0.254 e. The zero-order chi connectivity index (χ0) is 18.5. The van der Waals surface area contributed by atoms with Crippen LogP contribution in [0.5, 0.6) is 0 Å². The summed E-state index contributed by atoms with van der Waals surface area (Å²) in [6.45, 7) is 4.88. The number of hydrogen-bond acceptors (Lipinski definition) is 3. The van der Waals surface area contributed by atoms with Crippen LogP contribution in [0.1, 0.15) is 30.6 Å². The monoisotopic (exact) mass is 344 g/mol. The lowest BCUT2D eigenvalue weighted by Gasteiger charge is -2.53. The van der Waals surface area contributed by atoms with Crippen molar-refractivity contribution in [2.45, 2.75) is 20.3 Å². The van der Waals surface area contributed by atoms with Gasteiger partial charge < -0.3 is 4.90 Å². The van der Waals surface area contributed by atoms with Crippen molar-refractivity contribution in [3.05, 3.63) is 59.7 Å². The first kappa shape index (κ1) is 16.5. The van der Waals surface area contributed by atoms with Crippen LogP contribution in [-0.4, -0.2) is 29.7 Å². The average Bonchev–Trinajstić information content (AvgIpc) is 2.61. The van der Waals surface area contributed by atoms with Crippen molar-refractivity contribution in [1.29, 1.82) is 5.26 Å². The topological polar surface area (TPSA) is 61.2 Å². The number of nitriles is 1. The van der Waals surface area contributed by atoms with Crippen LogP contribution >= 0.6 is 0 Å². The molecule has 4 nitrogen and oxygen atoms in total. The molecule has 0 saturated carbocycles. The third-order valence-corrected chi connectivity index (χ3v) is 5.54. The highest BCUT2D eigenvalue weighted by Crippen LogP contribution is 2.48. The first-order chi connectivity index (χ1) is 12.4. The summed E-state index contributed by atoms with van der Waals surface area (Å²) in [5.41, 5.74) is 0.115. The Morgan fingerprint density at radius 3 is 2.54 bits per heavy atom.